The van der Waals surface area contributed by atoms with Crippen molar-refractivity contribution in [3.8, 4) is 10.4 Å². The van der Waals surface area contributed by atoms with Crippen LogP contribution in [-0.2, 0) is 11.3 Å². The number of benzene rings is 1. The maximum absolute atomic E-state index is 14.1. The lowest BCUT2D eigenvalue weighted by molar-refractivity contribution is -0.149. The second-order valence-corrected chi connectivity index (χ2v) is 7.96. The quantitative estimate of drug-likeness (QED) is 0.901. The predicted octanol–water partition coefficient (Wildman–Crippen LogP) is 4.24. The van der Waals surface area contributed by atoms with Crippen molar-refractivity contribution in [2.45, 2.75) is 25.8 Å². The van der Waals surface area contributed by atoms with E-state index in [1.54, 1.807) is 0 Å². The van der Waals surface area contributed by atoms with E-state index in [4.69, 9.17) is 0 Å². The van der Waals surface area contributed by atoms with Crippen molar-refractivity contribution in [3.05, 3.63) is 47.1 Å². The van der Waals surface area contributed by atoms with Crippen LogP contribution >= 0.6 is 11.3 Å². The van der Waals surface area contributed by atoms with Crippen molar-refractivity contribution in [1.29, 1.82) is 0 Å². The number of aliphatic carboxylic acids is 1. The number of fused-ring (bicyclic) bond motifs is 1. The molecule has 1 aliphatic carbocycles. The highest BCUT2D eigenvalue weighted by Crippen LogP contribution is 2.49. The molecule has 1 N–H and O–H groups in total. The molecule has 2 fully saturated rings. The molecule has 0 radical (unpaired) electrons. The fourth-order valence-electron chi connectivity index (χ4n) is 4.41. The van der Waals surface area contributed by atoms with Gasteiger partial charge in [0.2, 0.25) is 0 Å². The van der Waals surface area contributed by atoms with E-state index < -0.39 is 11.4 Å². The number of nitrogens with zero attached hydrogens (tertiary/aromatic N) is 1. The van der Waals surface area contributed by atoms with Crippen molar-refractivity contribution < 1.29 is 14.3 Å². The van der Waals surface area contributed by atoms with Crippen LogP contribution in [0.1, 0.15) is 24.8 Å². The summed E-state index contributed by atoms with van der Waals surface area (Å²) in [5.41, 5.74) is 1.12. The van der Waals surface area contributed by atoms with Gasteiger partial charge in [-0.3, -0.25) is 9.69 Å². The summed E-state index contributed by atoms with van der Waals surface area (Å²) in [6.07, 6.45) is 2.81. The summed E-state index contributed by atoms with van der Waals surface area (Å²) in [6, 6.07) is 9.09. The van der Waals surface area contributed by atoms with Gasteiger partial charge in [-0.15, -0.1) is 11.3 Å². The number of hydrogen-bond donors (Lipinski definition) is 1. The van der Waals surface area contributed by atoms with Crippen LogP contribution in [0.3, 0.4) is 0 Å². The van der Waals surface area contributed by atoms with Crippen LogP contribution in [0.5, 0.6) is 0 Å². The van der Waals surface area contributed by atoms with Crippen molar-refractivity contribution in [2.24, 2.45) is 11.3 Å². The highest BCUT2D eigenvalue weighted by atomic mass is 32.1. The summed E-state index contributed by atoms with van der Waals surface area (Å²) in [5, 5.41) is 11.6. The summed E-state index contributed by atoms with van der Waals surface area (Å²) >= 11 is 1.53. The average Bonchev–Trinajstić information content (AvgIpc) is 3.24. The number of carbonyl (C=O) groups is 1. The molecule has 1 aromatic carbocycles. The van der Waals surface area contributed by atoms with E-state index in [2.05, 4.69) is 4.90 Å². The van der Waals surface area contributed by atoms with E-state index in [-0.39, 0.29) is 11.7 Å². The third kappa shape index (κ3) is 2.56. The SMILES string of the molecule is O=C(O)[C@@]12CCC[C@H]1CN(Cc1ccc(F)c(-c3cccs3)c1)C2. The maximum Gasteiger partial charge on any atom is 0.311 e. The molecule has 0 spiro atoms. The Morgan fingerprint density at radius 3 is 3.00 bits per heavy atom. The molecule has 126 valence electrons. The minimum Gasteiger partial charge on any atom is -0.481 e. The van der Waals surface area contributed by atoms with Crippen LogP contribution in [0.2, 0.25) is 0 Å². The minimum atomic E-state index is -0.647. The lowest BCUT2D eigenvalue weighted by Crippen LogP contribution is -2.35. The van der Waals surface area contributed by atoms with E-state index in [1.807, 2.05) is 29.6 Å². The Balaban J connectivity index is 1.55. The Morgan fingerprint density at radius 1 is 1.42 bits per heavy atom. The zero-order valence-electron chi connectivity index (χ0n) is 13.4. The first-order valence-electron chi connectivity index (χ1n) is 8.36. The summed E-state index contributed by atoms with van der Waals surface area (Å²) in [5.74, 6) is -0.598. The van der Waals surface area contributed by atoms with Crippen molar-refractivity contribution >= 4 is 17.3 Å². The normalized spacial score (nSPS) is 26.6. The molecule has 3 nitrogen and oxygen atoms in total. The molecule has 1 aliphatic heterocycles. The Labute approximate surface area is 144 Å². The van der Waals surface area contributed by atoms with Gasteiger partial charge < -0.3 is 5.11 Å². The zero-order chi connectivity index (χ0) is 16.7. The molecule has 2 aliphatic rings. The van der Waals surface area contributed by atoms with E-state index >= 15 is 0 Å². The highest BCUT2D eigenvalue weighted by Gasteiger charge is 2.54. The topological polar surface area (TPSA) is 40.5 Å². The lowest BCUT2D eigenvalue weighted by Gasteiger charge is -2.23. The number of likely N-dealkylation sites (tertiary alicyclic amines) is 1. The lowest BCUT2D eigenvalue weighted by atomic mass is 9.81. The number of carboxylic acids is 1. The molecule has 0 amide bonds. The van der Waals surface area contributed by atoms with Gasteiger partial charge in [0.15, 0.2) is 0 Å². The van der Waals surface area contributed by atoms with Crippen LogP contribution in [0.15, 0.2) is 35.7 Å². The Bertz CT molecular complexity index is 761. The van der Waals surface area contributed by atoms with Crippen molar-refractivity contribution in [1.82, 2.24) is 4.90 Å². The Hall–Kier alpha value is -1.72. The summed E-state index contributed by atoms with van der Waals surface area (Å²) in [4.78, 5) is 14.9. The van der Waals surface area contributed by atoms with Crippen LogP contribution in [-0.4, -0.2) is 29.1 Å². The van der Waals surface area contributed by atoms with Gasteiger partial charge in [-0.05, 0) is 47.9 Å². The monoisotopic (exact) mass is 345 g/mol. The Kier molecular flexibility index (Phi) is 3.93. The molecule has 0 unspecified atom stereocenters. The first-order chi connectivity index (χ1) is 11.6. The van der Waals surface area contributed by atoms with Crippen LogP contribution in [0.25, 0.3) is 10.4 Å². The number of carboxylic acid groups (broad SMARTS) is 1. The largest absolute Gasteiger partial charge is 0.481 e. The summed E-state index contributed by atoms with van der Waals surface area (Å²) in [6.45, 7) is 2.13. The van der Waals surface area contributed by atoms with Gasteiger partial charge in [0.05, 0.1) is 5.41 Å². The molecular weight excluding hydrogens is 325 g/mol. The first kappa shape index (κ1) is 15.8. The molecule has 1 aromatic heterocycles. The number of rotatable bonds is 4. The average molecular weight is 345 g/mol. The molecular formula is C19H20FNO2S. The molecule has 2 heterocycles. The molecule has 0 bridgehead atoms. The second-order valence-electron chi connectivity index (χ2n) is 7.01. The molecule has 2 aromatic rings. The van der Waals surface area contributed by atoms with Gasteiger partial charge in [-0.2, -0.15) is 0 Å². The number of thiophene rings is 1. The van der Waals surface area contributed by atoms with Gasteiger partial charge in [-0.25, -0.2) is 4.39 Å². The minimum absolute atomic E-state index is 0.207. The molecule has 1 saturated heterocycles. The summed E-state index contributed by atoms with van der Waals surface area (Å²) < 4.78 is 14.1. The van der Waals surface area contributed by atoms with E-state index in [0.717, 1.165) is 36.2 Å². The van der Waals surface area contributed by atoms with Crippen molar-refractivity contribution in [2.75, 3.05) is 13.1 Å². The second kappa shape index (κ2) is 5.97. The van der Waals surface area contributed by atoms with Crippen LogP contribution < -0.4 is 0 Å². The van der Waals surface area contributed by atoms with E-state index in [1.165, 1.54) is 17.4 Å². The zero-order valence-corrected chi connectivity index (χ0v) is 14.2. The maximum atomic E-state index is 14.1. The molecule has 24 heavy (non-hydrogen) atoms. The fraction of sp³-hybridized carbons (Fsp3) is 0.421. The molecule has 4 rings (SSSR count). The van der Waals surface area contributed by atoms with Gasteiger partial charge in [0, 0.05) is 30.1 Å². The summed E-state index contributed by atoms with van der Waals surface area (Å²) in [7, 11) is 0. The van der Waals surface area contributed by atoms with E-state index in [0.29, 0.717) is 18.7 Å². The predicted molar refractivity (Wildman–Crippen MR) is 92.4 cm³/mol. The van der Waals surface area contributed by atoms with Gasteiger partial charge in [0.25, 0.3) is 0 Å². The third-order valence-electron chi connectivity index (χ3n) is 5.59. The number of hydrogen-bond acceptors (Lipinski definition) is 3. The smallest absolute Gasteiger partial charge is 0.311 e. The standard InChI is InChI=1S/C19H20FNO2S/c20-16-6-5-13(9-15(16)17-4-2-8-24-17)10-21-11-14-3-1-7-19(14,12-21)18(22)23/h2,4-6,8-9,14H,1,3,7,10-12H2,(H,22,23)/t14-,19+/m0/s1. The highest BCUT2D eigenvalue weighted by molar-refractivity contribution is 7.13. The first-order valence-corrected chi connectivity index (χ1v) is 9.24. The molecule has 2 atom stereocenters. The molecule has 1 saturated carbocycles. The third-order valence-corrected chi connectivity index (χ3v) is 6.49. The number of halogens is 1. The van der Waals surface area contributed by atoms with E-state index in [9.17, 15) is 14.3 Å². The van der Waals surface area contributed by atoms with Gasteiger partial charge in [-0.1, -0.05) is 18.6 Å². The van der Waals surface area contributed by atoms with Crippen molar-refractivity contribution in [3.63, 3.8) is 0 Å². The fourth-order valence-corrected chi connectivity index (χ4v) is 5.16. The Morgan fingerprint density at radius 2 is 2.29 bits per heavy atom. The van der Waals surface area contributed by atoms with Crippen LogP contribution in [0.4, 0.5) is 4.39 Å². The van der Waals surface area contributed by atoms with Gasteiger partial charge >= 0.3 is 5.97 Å². The van der Waals surface area contributed by atoms with Gasteiger partial charge in [0.1, 0.15) is 5.82 Å². The molecule has 5 heteroatoms. The van der Waals surface area contributed by atoms with Crippen LogP contribution in [0, 0.1) is 17.2 Å².